The Morgan fingerprint density at radius 2 is 2.31 bits per heavy atom. The zero-order valence-electron chi connectivity index (χ0n) is 9.00. The fraction of sp³-hybridized carbons (Fsp3) is 0.308. The van der Waals surface area contributed by atoms with E-state index in [0.717, 1.165) is 6.42 Å². The van der Waals surface area contributed by atoms with Crippen LogP contribution in [-0.4, -0.2) is 12.5 Å². The van der Waals surface area contributed by atoms with Gasteiger partial charge in [0, 0.05) is 13.0 Å². The first kappa shape index (κ1) is 12.3. The molecule has 1 aromatic carbocycles. The Labute approximate surface area is 94.9 Å². The van der Waals surface area contributed by atoms with Crippen molar-refractivity contribution in [1.29, 1.82) is 0 Å². The first-order valence-electron chi connectivity index (χ1n) is 5.17. The zero-order valence-corrected chi connectivity index (χ0v) is 9.00. The Balaban J connectivity index is 2.32. The minimum atomic E-state index is -0.322. The van der Waals surface area contributed by atoms with Gasteiger partial charge in [0.25, 0.3) is 0 Å². The van der Waals surface area contributed by atoms with E-state index in [1.54, 1.807) is 12.1 Å². The molecule has 16 heavy (non-hydrogen) atoms. The van der Waals surface area contributed by atoms with E-state index in [2.05, 4.69) is 11.2 Å². The summed E-state index contributed by atoms with van der Waals surface area (Å²) in [6.07, 6.45) is 6.71. The van der Waals surface area contributed by atoms with E-state index in [4.69, 9.17) is 6.42 Å². The van der Waals surface area contributed by atoms with E-state index in [1.807, 2.05) is 0 Å². The topological polar surface area (TPSA) is 29.1 Å². The van der Waals surface area contributed by atoms with Crippen LogP contribution in [-0.2, 0) is 11.2 Å². The lowest BCUT2D eigenvalue weighted by Gasteiger charge is -2.04. The van der Waals surface area contributed by atoms with Crippen molar-refractivity contribution in [3.63, 3.8) is 0 Å². The quantitative estimate of drug-likeness (QED) is 0.594. The molecule has 0 heterocycles. The van der Waals surface area contributed by atoms with Crippen molar-refractivity contribution in [3.05, 3.63) is 35.6 Å². The van der Waals surface area contributed by atoms with Gasteiger partial charge in [0.2, 0.25) is 5.91 Å². The van der Waals surface area contributed by atoms with E-state index in [0.29, 0.717) is 18.5 Å². The maximum Gasteiger partial charge on any atom is 0.224 e. The third-order valence-electron chi connectivity index (χ3n) is 2.07. The third kappa shape index (κ3) is 4.61. The summed E-state index contributed by atoms with van der Waals surface area (Å²) in [5, 5.41) is 2.73. The van der Waals surface area contributed by atoms with Gasteiger partial charge in [-0.15, -0.1) is 12.3 Å². The van der Waals surface area contributed by atoms with Crippen LogP contribution in [0.25, 0.3) is 0 Å². The summed E-state index contributed by atoms with van der Waals surface area (Å²) < 4.78 is 12.8. The van der Waals surface area contributed by atoms with E-state index >= 15 is 0 Å². The molecule has 0 aliphatic rings. The van der Waals surface area contributed by atoms with Crippen LogP contribution in [0.4, 0.5) is 4.39 Å². The third-order valence-corrected chi connectivity index (χ3v) is 2.07. The summed E-state index contributed by atoms with van der Waals surface area (Å²) in [6.45, 7) is 0.568. The van der Waals surface area contributed by atoms with Crippen LogP contribution in [0.1, 0.15) is 18.4 Å². The lowest BCUT2D eigenvalue weighted by atomic mass is 10.1. The van der Waals surface area contributed by atoms with Crippen molar-refractivity contribution in [2.75, 3.05) is 6.54 Å². The molecule has 0 fully saturated rings. The lowest BCUT2D eigenvalue weighted by Crippen LogP contribution is -2.26. The maximum absolute atomic E-state index is 12.8. The van der Waals surface area contributed by atoms with Crippen LogP contribution < -0.4 is 5.32 Å². The Morgan fingerprint density at radius 1 is 1.50 bits per heavy atom. The Kier molecular flexibility index (Phi) is 5.07. The molecule has 0 aromatic heterocycles. The Bertz CT molecular complexity index is 395. The van der Waals surface area contributed by atoms with Gasteiger partial charge < -0.3 is 5.32 Å². The van der Waals surface area contributed by atoms with Gasteiger partial charge in [0.05, 0.1) is 6.42 Å². The summed E-state index contributed by atoms with van der Waals surface area (Å²) in [7, 11) is 0. The molecule has 0 radical (unpaired) electrons. The number of amides is 1. The predicted octanol–water partition coefficient (Wildman–Crippen LogP) is 1.90. The van der Waals surface area contributed by atoms with Gasteiger partial charge in [-0.05, 0) is 24.1 Å². The highest BCUT2D eigenvalue weighted by molar-refractivity contribution is 5.78. The summed E-state index contributed by atoms with van der Waals surface area (Å²) in [6, 6.07) is 6.04. The number of benzene rings is 1. The number of unbranched alkanes of at least 4 members (excludes halogenated alkanes) is 1. The zero-order chi connectivity index (χ0) is 11.8. The van der Waals surface area contributed by atoms with Gasteiger partial charge >= 0.3 is 0 Å². The summed E-state index contributed by atoms with van der Waals surface area (Å²) in [4.78, 5) is 11.4. The van der Waals surface area contributed by atoms with E-state index in [-0.39, 0.29) is 18.1 Å². The number of rotatable bonds is 5. The molecule has 1 rings (SSSR count). The molecule has 0 bridgehead atoms. The number of terminal acetylenes is 1. The van der Waals surface area contributed by atoms with E-state index in [1.165, 1.54) is 12.1 Å². The number of hydrogen-bond acceptors (Lipinski definition) is 1. The molecule has 0 aliphatic heterocycles. The Hall–Kier alpha value is -1.82. The minimum Gasteiger partial charge on any atom is -0.356 e. The standard InChI is InChI=1S/C13H14FNO/c1-2-3-4-8-15-13(16)10-11-6-5-7-12(14)9-11/h1,5-7,9H,3-4,8,10H2,(H,15,16). The molecule has 0 atom stereocenters. The van der Waals surface area contributed by atoms with Crippen molar-refractivity contribution in [3.8, 4) is 12.3 Å². The molecule has 0 spiro atoms. The van der Waals surface area contributed by atoms with Gasteiger partial charge in [-0.2, -0.15) is 0 Å². The van der Waals surface area contributed by atoms with Gasteiger partial charge in [-0.3, -0.25) is 4.79 Å². The van der Waals surface area contributed by atoms with Crippen LogP contribution in [0.3, 0.4) is 0 Å². The molecule has 1 amide bonds. The molecule has 0 unspecified atom stereocenters. The number of nitrogens with one attached hydrogen (secondary N) is 1. The van der Waals surface area contributed by atoms with Crippen molar-refractivity contribution in [2.24, 2.45) is 0 Å². The highest BCUT2D eigenvalue weighted by atomic mass is 19.1. The van der Waals surface area contributed by atoms with Gasteiger partial charge in [0.1, 0.15) is 5.82 Å². The molecule has 2 nitrogen and oxygen atoms in total. The molecule has 0 aliphatic carbocycles. The highest BCUT2D eigenvalue weighted by Crippen LogP contribution is 2.03. The first-order chi connectivity index (χ1) is 7.72. The van der Waals surface area contributed by atoms with Crippen molar-refractivity contribution < 1.29 is 9.18 Å². The van der Waals surface area contributed by atoms with E-state index in [9.17, 15) is 9.18 Å². The second kappa shape index (κ2) is 6.62. The van der Waals surface area contributed by atoms with Gasteiger partial charge in [0.15, 0.2) is 0 Å². The Morgan fingerprint density at radius 3 is 3.00 bits per heavy atom. The van der Waals surface area contributed by atoms with Gasteiger partial charge in [-0.1, -0.05) is 12.1 Å². The van der Waals surface area contributed by atoms with Crippen molar-refractivity contribution in [1.82, 2.24) is 5.32 Å². The number of carbonyl (C=O) groups is 1. The number of halogens is 1. The molecule has 0 saturated heterocycles. The van der Waals surface area contributed by atoms with Gasteiger partial charge in [-0.25, -0.2) is 4.39 Å². The second-order valence-electron chi connectivity index (χ2n) is 3.46. The molecule has 84 valence electrons. The van der Waals surface area contributed by atoms with Crippen LogP contribution in [0.2, 0.25) is 0 Å². The van der Waals surface area contributed by atoms with Crippen LogP contribution >= 0.6 is 0 Å². The largest absolute Gasteiger partial charge is 0.356 e. The molecule has 3 heteroatoms. The van der Waals surface area contributed by atoms with Crippen molar-refractivity contribution >= 4 is 5.91 Å². The SMILES string of the molecule is C#CCCCNC(=O)Cc1cccc(F)c1. The monoisotopic (exact) mass is 219 g/mol. The lowest BCUT2D eigenvalue weighted by molar-refractivity contribution is -0.120. The fourth-order valence-corrected chi connectivity index (χ4v) is 1.31. The summed E-state index contributed by atoms with van der Waals surface area (Å²) in [5.41, 5.74) is 0.675. The summed E-state index contributed by atoms with van der Waals surface area (Å²) >= 11 is 0. The van der Waals surface area contributed by atoms with Crippen LogP contribution in [0, 0.1) is 18.2 Å². The number of hydrogen-bond donors (Lipinski definition) is 1. The van der Waals surface area contributed by atoms with Crippen molar-refractivity contribution in [2.45, 2.75) is 19.3 Å². The minimum absolute atomic E-state index is 0.109. The van der Waals surface area contributed by atoms with E-state index < -0.39 is 0 Å². The normalized spacial score (nSPS) is 9.50. The van der Waals surface area contributed by atoms with Crippen LogP contribution in [0.5, 0.6) is 0 Å². The first-order valence-corrected chi connectivity index (χ1v) is 5.17. The average molecular weight is 219 g/mol. The molecule has 0 saturated carbocycles. The predicted molar refractivity (Wildman–Crippen MR) is 61.2 cm³/mol. The van der Waals surface area contributed by atoms with Crippen LogP contribution in [0.15, 0.2) is 24.3 Å². The number of carbonyl (C=O) groups excluding carboxylic acids is 1. The smallest absolute Gasteiger partial charge is 0.224 e. The maximum atomic E-state index is 12.8. The fourth-order valence-electron chi connectivity index (χ4n) is 1.31. The second-order valence-corrected chi connectivity index (χ2v) is 3.46. The molecule has 1 N–H and O–H groups in total. The molecule has 1 aromatic rings. The molecular formula is C13H14FNO. The molecular weight excluding hydrogens is 205 g/mol. The average Bonchev–Trinajstić information content (AvgIpc) is 2.24. The highest BCUT2D eigenvalue weighted by Gasteiger charge is 2.02. The summed E-state index contributed by atoms with van der Waals surface area (Å²) in [5.74, 6) is 2.07.